The van der Waals surface area contributed by atoms with Gasteiger partial charge < -0.3 is 14.8 Å². The van der Waals surface area contributed by atoms with Gasteiger partial charge in [0, 0.05) is 15.8 Å². The number of carbonyl (C=O) groups excluding carboxylic acids is 2. The number of esters is 1. The fraction of sp³-hybridized carbons (Fsp3) is 0.206. The number of nitrogens with one attached hydrogen (secondary N) is 1. The van der Waals surface area contributed by atoms with Gasteiger partial charge in [0.25, 0.3) is 5.91 Å². The number of fused-ring (bicyclic) bond motifs is 2. The first kappa shape index (κ1) is 26.7. The molecule has 6 rings (SSSR count). The highest BCUT2D eigenvalue weighted by Gasteiger charge is 2.31. The highest BCUT2D eigenvalue weighted by Crippen LogP contribution is 2.43. The third-order valence-corrected chi connectivity index (χ3v) is 8.72. The molecule has 206 valence electrons. The van der Waals surface area contributed by atoms with E-state index in [0.717, 1.165) is 46.4 Å². The van der Waals surface area contributed by atoms with Gasteiger partial charge >= 0.3 is 5.97 Å². The molecule has 0 bridgehead atoms. The fourth-order valence-corrected chi connectivity index (χ4v) is 6.91. The molecule has 1 amide bonds. The van der Waals surface area contributed by atoms with E-state index in [9.17, 15) is 9.59 Å². The number of nitrogens with zero attached hydrogens (tertiary/aromatic N) is 1. The van der Waals surface area contributed by atoms with E-state index in [2.05, 4.69) is 29.6 Å². The van der Waals surface area contributed by atoms with Crippen LogP contribution < -0.4 is 10.1 Å². The summed E-state index contributed by atoms with van der Waals surface area (Å²) < 4.78 is 10.9. The van der Waals surface area contributed by atoms with Crippen molar-refractivity contribution in [3.8, 4) is 17.0 Å². The van der Waals surface area contributed by atoms with Gasteiger partial charge in [0.15, 0.2) is 0 Å². The summed E-state index contributed by atoms with van der Waals surface area (Å²) in [7, 11) is 1.38. The van der Waals surface area contributed by atoms with Gasteiger partial charge in [-0.05, 0) is 67.5 Å². The number of hydrogen-bond donors (Lipinski definition) is 1. The average Bonchev–Trinajstić information content (AvgIpc) is 3.37. The number of pyridine rings is 1. The molecular weight excluding hydrogens is 532 g/mol. The van der Waals surface area contributed by atoms with Crippen LogP contribution in [-0.2, 0) is 17.6 Å². The largest absolute Gasteiger partial charge is 0.494 e. The SMILES string of the molecule is CCOc1cccc(-c2cc(C(=O)Nc3sc4c(c3C(=O)OC)CCC(c3ccccc3)C4)c3ccccc3n2)c1. The minimum Gasteiger partial charge on any atom is -0.494 e. The van der Waals surface area contributed by atoms with Crippen molar-refractivity contribution in [2.75, 3.05) is 19.0 Å². The summed E-state index contributed by atoms with van der Waals surface area (Å²) in [4.78, 5) is 32.9. The maximum Gasteiger partial charge on any atom is 0.341 e. The summed E-state index contributed by atoms with van der Waals surface area (Å²) in [6.45, 7) is 2.50. The van der Waals surface area contributed by atoms with Crippen LogP contribution in [0.2, 0.25) is 0 Å². The molecular formula is C34H30N2O4S. The number of hydrogen-bond acceptors (Lipinski definition) is 6. The van der Waals surface area contributed by atoms with Crippen molar-refractivity contribution in [1.29, 1.82) is 0 Å². The van der Waals surface area contributed by atoms with E-state index in [0.29, 0.717) is 39.9 Å². The second-order valence-electron chi connectivity index (χ2n) is 10.0. The van der Waals surface area contributed by atoms with Crippen LogP contribution in [0.4, 0.5) is 5.00 Å². The molecule has 1 aliphatic carbocycles. The number of methoxy groups -OCH3 is 1. The number of amides is 1. The third kappa shape index (κ3) is 5.33. The molecule has 0 aliphatic heterocycles. The standard InChI is InChI=1S/C34H30N2O4S/c1-3-40-24-13-9-12-23(18-24)29-20-27(25-14-7-8-15-28(25)35-29)32(37)36-33-31(34(38)39-2)26-17-16-22(19-30(26)41-33)21-10-5-4-6-11-21/h4-15,18,20,22H,3,16-17,19H2,1-2H3,(H,36,37). The number of benzene rings is 3. The summed E-state index contributed by atoms with van der Waals surface area (Å²) in [5.41, 5.74) is 5.45. The topological polar surface area (TPSA) is 77.5 Å². The summed E-state index contributed by atoms with van der Waals surface area (Å²) in [5.74, 6) is 0.389. The maximum absolute atomic E-state index is 13.9. The van der Waals surface area contributed by atoms with Crippen molar-refractivity contribution in [1.82, 2.24) is 4.98 Å². The normalized spacial score (nSPS) is 14.3. The lowest BCUT2D eigenvalue weighted by Crippen LogP contribution is -2.16. The minimum atomic E-state index is -0.427. The molecule has 1 unspecified atom stereocenters. The van der Waals surface area contributed by atoms with Gasteiger partial charge in [-0.3, -0.25) is 4.79 Å². The van der Waals surface area contributed by atoms with E-state index in [4.69, 9.17) is 14.5 Å². The highest BCUT2D eigenvalue weighted by molar-refractivity contribution is 7.17. The number of carbonyl (C=O) groups is 2. The number of rotatable bonds is 7. The molecule has 2 heterocycles. The molecule has 6 nitrogen and oxygen atoms in total. The molecule has 0 radical (unpaired) electrons. The number of ether oxygens (including phenoxy) is 2. The zero-order valence-electron chi connectivity index (χ0n) is 23.0. The maximum atomic E-state index is 13.9. The average molecular weight is 563 g/mol. The van der Waals surface area contributed by atoms with Crippen LogP contribution >= 0.6 is 11.3 Å². The number of aromatic nitrogens is 1. The molecule has 1 aliphatic rings. The summed E-state index contributed by atoms with van der Waals surface area (Å²) >= 11 is 1.48. The van der Waals surface area contributed by atoms with Crippen molar-refractivity contribution in [3.63, 3.8) is 0 Å². The molecule has 0 saturated carbocycles. The van der Waals surface area contributed by atoms with Gasteiger partial charge in [0.05, 0.1) is 36.1 Å². The smallest absolute Gasteiger partial charge is 0.341 e. The molecule has 0 saturated heterocycles. The fourth-order valence-electron chi connectivity index (χ4n) is 5.60. The second kappa shape index (κ2) is 11.6. The third-order valence-electron chi connectivity index (χ3n) is 7.55. The molecule has 1 N–H and O–H groups in total. The van der Waals surface area contributed by atoms with Crippen LogP contribution in [0.15, 0.2) is 84.9 Å². The van der Waals surface area contributed by atoms with Gasteiger partial charge in [-0.15, -0.1) is 11.3 Å². The summed E-state index contributed by atoms with van der Waals surface area (Å²) in [5, 5.41) is 4.35. The van der Waals surface area contributed by atoms with Crippen molar-refractivity contribution in [3.05, 3.63) is 112 Å². The molecule has 1 atom stereocenters. The van der Waals surface area contributed by atoms with Crippen LogP contribution in [0, 0.1) is 0 Å². The van der Waals surface area contributed by atoms with E-state index in [1.165, 1.54) is 24.0 Å². The van der Waals surface area contributed by atoms with E-state index < -0.39 is 5.97 Å². The second-order valence-corrected chi connectivity index (χ2v) is 11.1. The molecule has 0 fully saturated rings. The zero-order chi connectivity index (χ0) is 28.3. The predicted octanol–water partition coefficient (Wildman–Crippen LogP) is 7.67. The van der Waals surface area contributed by atoms with Gasteiger partial charge in [-0.2, -0.15) is 0 Å². The van der Waals surface area contributed by atoms with Gasteiger partial charge in [-0.25, -0.2) is 9.78 Å². The quantitative estimate of drug-likeness (QED) is 0.206. The lowest BCUT2D eigenvalue weighted by molar-refractivity contribution is 0.0601. The van der Waals surface area contributed by atoms with Crippen LogP contribution in [0.25, 0.3) is 22.2 Å². The Bertz CT molecular complexity index is 1750. The van der Waals surface area contributed by atoms with Crippen LogP contribution in [0.5, 0.6) is 5.75 Å². The van der Waals surface area contributed by atoms with Crippen molar-refractivity contribution >= 4 is 39.1 Å². The number of para-hydroxylation sites is 1. The van der Waals surface area contributed by atoms with Crippen molar-refractivity contribution < 1.29 is 19.1 Å². The first-order valence-electron chi connectivity index (χ1n) is 13.8. The van der Waals surface area contributed by atoms with E-state index in [1.807, 2.05) is 61.5 Å². The summed E-state index contributed by atoms with van der Waals surface area (Å²) in [6.07, 6.45) is 2.51. The van der Waals surface area contributed by atoms with Crippen LogP contribution in [0.1, 0.15) is 56.0 Å². The Kier molecular flexibility index (Phi) is 7.53. The van der Waals surface area contributed by atoms with Crippen molar-refractivity contribution in [2.24, 2.45) is 0 Å². The molecule has 2 aromatic heterocycles. The molecule has 3 aromatic carbocycles. The molecule has 41 heavy (non-hydrogen) atoms. The Morgan fingerprint density at radius 1 is 1.00 bits per heavy atom. The van der Waals surface area contributed by atoms with E-state index >= 15 is 0 Å². The number of thiophene rings is 1. The van der Waals surface area contributed by atoms with Gasteiger partial charge in [-0.1, -0.05) is 60.7 Å². The lowest BCUT2D eigenvalue weighted by atomic mass is 9.83. The summed E-state index contributed by atoms with van der Waals surface area (Å²) in [6, 6.07) is 27.5. The van der Waals surface area contributed by atoms with Crippen molar-refractivity contribution in [2.45, 2.75) is 32.1 Å². The zero-order valence-corrected chi connectivity index (χ0v) is 23.8. The first-order chi connectivity index (χ1) is 20.1. The Hall–Kier alpha value is -4.49. The Labute approximate surface area is 243 Å². The Morgan fingerprint density at radius 3 is 2.61 bits per heavy atom. The number of anilines is 1. The Morgan fingerprint density at radius 2 is 1.80 bits per heavy atom. The lowest BCUT2D eigenvalue weighted by Gasteiger charge is -2.22. The Balaban J connectivity index is 1.38. The first-order valence-corrected chi connectivity index (χ1v) is 14.6. The van der Waals surface area contributed by atoms with Crippen LogP contribution in [-0.4, -0.2) is 30.6 Å². The van der Waals surface area contributed by atoms with E-state index in [1.54, 1.807) is 6.07 Å². The van der Waals surface area contributed by atoms with Crippen LogP contribution in [0.3, 0.4) is 0 Å². The molecule has 5 aromatic rings. The predicted molar refractivity (Wildman–Crippen MR) is 163 cm³/mol. The highest BCUT2D eigenvalue weighted by atomic mass is 32.1. The molecule has 7 heteroatoms. The minimum absolute atomic E-state index is 0.297. The van der Waals surface area contributed by atoms with Gasteiger partial charge in [0.1, 0.15) is 10.8 Å². The molecule has 0 spiro atoms. The van der Waals surface area contributed by atoms with E-state index in [-0.39, 0.29) is 5.91 Å². The monoisotopic (exact) mass is 562 g/mol. The van der Waals surface area contributed by atoms with Gasteiger partial charge in [0.2, 0.25) is 0 Å².